The summed E-state index contributed by atoms with van der Waals surface area (Å²) < 4.78 is 0. The fourth-order valence-electron chi connectivity index (χ4n) is 1.39. The van der Waals surface area contributed by atoms with E-state index in [1.807, 2.05) is 17.3 Å². The van der Waals surface area contributed by atoms with Gasteiger partial charge in [-0.05, 0) is 6.42 Å². The molecule has 0 fully saturated rings. The van der Waals surface area contributed by atoms with E-state index < -0.39 is 0 Å². The summed E-state index contributed by atoms with van der Waals surface area (Å²) in [4.78, 5) is 8.70. The molecule has 0 aliphatic carbocycles. The highest BCUT2D eigenvalue weighted by molar-refractivity contribution is 8.14. The standard InChI is InChI=1S/C10H15N3S2/c1-2-9-5-12-10(15-9)11-4-3-8-6-14-7-13-8/h6-7,9H,2-5H2,1H3,(H,11,12). The Bertz CT molecular complexity index is 321. The van der Waals surface area contributed by atoms with E-state index >= 15 is 0 Å². The van der Waals surface area contributed by atoms with Crippen molar-refractivity contribution in [1.29, 1.82) is 0 Å². The van der Waals surface area contributed by atoms with Gasteiger partial charge in [0.25, 0.3) is 0 Å². The molecule has 1 aliphatic rings. The van der Waals surface area contributed by atoms with Gasteiger partial charge < -0.3 is 5.32 Å². The molecule has 0 saturated carbocycles. The lowest BCUT2D eigenvalue weighted by atomic mass is 10.3. The molecule has 1 unspecified atom stereocenters. The molecule has 2 heterocycles. The molecular weight excluding hydrogens is 226 g/mol. The third-order valence-electron chi connectivity index (χ3n) is 2.31. The van der Waals surface area contributed by atoms with Gasteiger partial charge in [-0.2, -0.15) is 0 Å². The van der Waals surface area contributed by atoms with E-state index in [2.05, 4.69) is 27.6 Å². The summed E-state index contributed by atoms with van der Waals surface area (Å²) in [5.74, 6) is 0. The van der Waals surface area contributed by atoms with Crippen molar-refractivity contribution in [2.24, 2.45) is 4.99 Å². The molecule has 1 atom stereocenters. The Morgan fingerprint density at radius 1 is 1.60 bits per heavy atom. The van der Waals surface area contributed by atoms with Crippen molar-refractivity contribution < 1.29 is 0 Å². The molecule has 1 aromatic rings. The van der Waals surface area contributed by atoms with E-state index in [9.17, 15) is 0 Å². The minimum atomic E-state index is 0.687. The van der Waals surface area contributed by atoms with Crippen LogP contribution < -0.4 is 5.32 Å². The van der Waals surface area contributed by atoms with Gasteiger partial charge >= 0.3 is 0 Å². The number of nitrogens with one attached hydrogen (secondary N) is 1. The zero-order chi connectivity index (χ0) is 10.5. The van der Waals surface area contributed by atoms with Crippen molar-refractivity contribution >= 4 is 28.3 Å². The van der Waals surface area contributed by atoms with Crippen LogP contribution in [0.5, 0.6) is 0 Å². The van der Waals surface area contributed by atoms with Crippen molar-refractivity contribution in [1.82, 2.24) is 10.3 Å². The second-order valence-corrected chi connectivity index (χ2v) is 5.46. The predicted octanol–water partition coefficient (Wildman–Crippen LogP) is 2.16. The van der Waals surface area contributed by atoms with Gasteiger partial charge in [0, 0.05) is 23.6 Å². The van der Waals surface area contributed by atoms with Crippen LogP contribution in [0.15, 0.2) is 15.9 Å². The van der Waals surface area contributed by atoms with Gasteiger partial charge in [-0.3, -0.25) is 4.99 Å². The third-order valence-corrected chi connectivity index (χ3v) is 4.26. The topological polar surface area (TPSA) is 37.3 Å². The van der Waals surface area contributed by atoms with Crippen LogP contribution in [0.3, 0.4) is 0 Å². The molecule has 2 rings (SSSR count). The number of amidine groups is 1. The minimum Gasteiger partial charge on any atom is -0.365 e. The van der Waals surface area contributed by atoms with Gasteiger partial charge in [0.1, 0.15) is 0 Å². The summed E-state index contributed by atoms with van der Waals surface area (Å²) in [7, 11) is 0. The Morgan fingerprint density at radius 2 is 2.53 bits per heavy atom. The molecule has 0 radical (unpaired) electrons. The lowest BCUT2D eigenvalue weighted by Gasteiger charge is -2.05. The van der Waals surface area contributed by atoms with Gasteiger partial charge in [0.05, 0.1) is 17.7 Å². The first-order valence-electron chi connectivity index (χ1n) is 5.20. The maximum atomic E-state index is 4.46. The highest BCUT2D eigenvalue weighted by Gasteiger charge is 2.16. The lowest BCUT2D eigenvalue weighted by molar-refractivity contribution is 0.832. The average Bonchev–Trinajstić information content (AvgIpc) is 2.88. The Hall–Kier alpha value is -0.550. The van der Waals surface area contributed by atoms with E-state index in [4.69, 9.17) is 0 Å². The van der Waals surface area contributed by atoms with Crippen LogP contribution in [-0.4, -0.2) is 28.5 Å². The molecule has 1 aromatic heterocycles. The van der Waals surface area contributed by atoms with Crippen LogP contribution in [0.1, 0.15) is 19.0 Å². The molecule has 5 heteroatoms. The van der Waals surface area contributed by atoms with Crippen LogP contribution in [-0.2, 0) is 6.42 Å². The van der Waals surface area contributed by atoms with Gasteiger partial charge in [0.15, 0.2) is 5.17 Å². The number of hydrogen-bond acceptors (Lipinski definition) is 5. The largest absolute Gasteiger partial charge is 0.365 e. The highest BCUT2D eigenvalue weighted by Crippen LogP contribution is 2.21. The van der Waals surface area contributed by atoms with Gasteiger partial charge in [-0.15, -0.1) is 11.3 Å². The molecule has 0 spiro atoms. The fourth-order valence-corrected chi connectivity index (χ4v) is 2.94. The van der Waals surface area contributed by atoms with Gasteiger partial charge in [-0.1, -0.05) is 18.7 Å². The van der Waals surface area contributed by atoms with Crippen LogP contribution in [0.2, 0.25) is 0 Å². The van der Waals surface area contributed by atoms with Crippen molar-refractivity contribution in [3.8, 4) is 0 Å². The second kappa shape index (κ2) is 5.51. The van der Waals surface area contributed by atoms with Gasteiger partial charge in [0.2, 0.25) is 0 Å². The van der Waals surface area contributed by atoms with Crippen LogP contribution >= 0.6 is 23.1 Å². The molecule has 82 valence electrons. The second-order valence-electron chi connectivity index (χ2n) is 3.45. The van der Waals surface area contributed by atoms with E-state index in [0.29, 0.717) is 5.25 Å². The van der Waals surface area contributed by atoms with Crippen LogP contribution in [0.25, 0.3) is 0 Å². The zero-order valence-electron chi connectivity index (χ0n) is 8.77. The SMILES string of the molecule is CCC1CN=C(NCCc2cscn2)S1. The number of thioether (sulfide) groups is 1. The summed E-state index contributed by atoms with van der Waals surface area (Å²) >= 11 is 3.52. The number of hydrogen-bond donors (Lipinski definition) is 1. The van der Waals surface area contributed by atoms with Gasteiger partial charge in [-0.25, -0.2) is 4.98 Å². The molecule has 3 nitrogen and oxygen atoms in total. The van der Waals surface area contributed by atoms with E-state index in [1.165, 1.54) is 12.1 Å². The first kappa shape index (κ1) is 11.0. The van der Waals surface area contributed by atoms with E-state index in [1.54, 1.807) is 11.3 Å². The minimum absolute atomic E-state index is 0.687. The molecule has 0 bridgehead atoms. The first-order chi connectivity index (χ1) is 7.38. The maximum Gasteiger partial charge on any atom is 0.156 e. The Morgan fingerprint density at radius 3 is 3.20 bits per heavy atom. The molecule has 0 saturated heterocycles. The molecule has 1 N–H and O–H groups in total. The summed E-state index contributed by atoms with van der Waals surface area (Å²) in [5, 5.41) is 7.25. The average molecular weight is 241 g/mol. The molecule has 0 amide bonds. The number of aromatic nitrogens is 1. The molecule has 1 aliphatic heterocycles. The highest BCUT2D eigenvalue weighted by atomic mass is 32.2. The Kier molecular flexibility index (Phi) is 4.02. The number of aliphatic imine (C=N–C) groups is 1. The Labute approximate surface area is 98.4 Å². The number of nitrogens with zero attached hydrogens (tertiary/aromatic N) is 2. The van der Waals surface area contributed by atoms with Crippen molar-refractivity contribution in [2.45, 2.75) is 25.0 Å². The maximum absolute atomic E-state index is 4.46. The van der Waals surface area contributed by atoms with Crippen LogP contribution in [0, 0.1) is 0 Å². The van der Waals surface area contributed by atoms with E-state index in [0.717, 1.165) is 24.7 Å². The summed E-state index contributed by atoms with van der Waals surface area (Å²) in [6.45, 7) is 4.12. The van der Waals surface area contributed by atoms with Crippen molar-refractivity contribution in [3.05, 3.63) is 16.6 Å². The number of thiazole rings is 1. The lowest BCUT2D eigenvalue weighted by Crippen LogP contribution is -2.22. The fraction of sp³-hybridized carbons (Fsp3) is 0.600. The summed E-state index contributed by atoms with van der Waals surface area (Å²) in [6.07, 6.45) is 2.19. The van der Waals surface area contributed by atoms with Crippen molar-refractivity contribution in [2.75, 3.05) is 13.1 Å². The summed E-state index contributed by atoms with van der Waals surface area (Å²) in [5.41, 5.74) is 3.05. The smallest absolute Gasteiger partial charge is 0.156 e. The predicted molar refractivity (Wildman–Crippen MR) is 67.8 cm³/mol. The van der Waals surface area contributed by atoms with Crippen molar-refractivity contribution in [3.63, 3.8) is 0 Å². The molecular formula is C10H15N3S2. The molecule has 0 aromatic carbocycles. The number of rotatable bonds is 4. The Balaban J connectivity index is 1.67. The zero-order valence-corrected chi connectivity index (χ0v) is 10.4. The quantitative estimate of drug-likeness (QED) is 0.877. The normalized spacial score (nSPS) is 20.3. The first-order valence-corrected chi connectivity index (χ1v) is 7.02. The summed E-state index contributed by atoms with van der Waals surface area (Å²) in [6, 6.07) is 0. The van der Waals surface area contributed by atoms with E-state index in [-0.39, 0.29) is 0 Å². The van der Waals surface area contributed by atoms with Crippen LogP contribution in [0.4, 0.5) is 0 Å². The monoisotopic (exact) mass is 241 g/mol. The molecule has 15 heavy (non-hydrogen) atoms. The third kappa shape index (κ3) is 3.21.